The minimum absolute atomic E-state index is 0.135. The lowest BCUT2D eigenvalue weighted by atomic mass is 9.93. The Balaban J connectivity index is 1.35. The molecule has 0 radical (unpaired) electrons. The van der Waals surface area contributed by atoms with Gasteiger partial charge >= 0.3 is 0 Å². The average Bonchev–Trinajstić information content (AvgIpc) is 2.78. The summed E-state index contributed by atoms with van der Waals surface area (Å²) in [5.74, 6) is 1.37. The molecular weight excluding hydrogens is 383 g/mol. The van der Waals surface area contributed by atoms with Crippen molar-refractivity contribution in [3.63, 3.8) is 0 Å². The van der Waals surface area contributed by atoms with Gasteiger partial charge in [0, 0.05) is 78.6 Å². The molecule has 1 aromatic rings. The molecule has 2 aliphatic heterocycles. The van der Waals surface area contributed by atoms with E-state index < -0.39 is 0 Å². The van der Waals surface area contributed by atoms with E-state index in [1.54, 1.807) is 7.05 Å². The summed E-state index contributed by atoms with van der Waals surface area (Å²) in [5, 5.41) is 6.22. The first-order chi connectivity index (χ1) is 14.6. The SMILES string of the molecule is CN=C(NCCN1CCN(c2ccc(F)cc2)CC1)N1CCC(CC(=O)NC)CC1. The third kappa shape index (κ3) is 6.32. The second kappa shape index (κ2) is 11.2. The first kappa shape index (κ1) is 22.3. The average molecular weight is 419 g/mol. The number of piperidine rings is 1. The Morgan fingerprint density at radius 1 is 1.10 bits per heavy atom. The highest BCUT2D eigenvalue weighted by Gasteiger charge is 2.23. The van der Waals surface area contributed by atoms with Gasteiger partial charge < -0.3 is 20.4 Å². The minimum atomic E-state index is -0.187. The lowest BCUT2D eigenvalue weighted by Crippen LogP contribution is -2.50. The number of carbonyl (C=O) groups is 1. The van der Waals surface area contributed by atoms with Gasteiger partial charge in [-0.2, -0.15) is 0 Å². The van der Waals surface area contributed by atoms with Crippen molar-refractivity contribution in [1.29, 1.82) is 0 Å². The highest BCUT2D eigenvalue weighted by Crippen LogP contribution is 2.20. The molecule has 0 aromatic heterocycles. The predicted molar refractivity (Wildman–Crippen MR) is 119 cm³/mol. The van der Waals surface area contributed by atoms with E-state index in [9.17, 15) is 9.18 Å². The molecule has 0 bridgehead atoms. The van der Waals surface area contributed by atoms with E-state index >= 15 is 0 Å². The van der Waals surface area contributed by atoms with Crippen molar-refractivity contribution in [2.75, 3.05) is 71.4 Å². The van der Waals surface area contributed by atoms with E-state index in [0.29, 0.717) is 12.3 Å². The van der Waals surface area contributed by atoms with Crippen molar-refractivity contribution in [3.05, 3.63) is 30.1 Å². The number of likely N-dealkylation sites (tertiary alicyclic amines) is 1. The van der Waals surface area contributed by atoms with Crippen LogP contribution in [0.1, 0.15) is 19.3 Å². The fourth-order valence-corrected chi connectivity index (χ4v) is 4.25. The van der Waals surface area contributed by atoms with Gasteiger partial charge in [0.25, 0.3) is 0 Å². The Hall–Kier alpha value is -2.35. The summed E-state index contributed by atoms with van der Waals surface area (Å²) in [4.78, 5) is 23.1. The Morgan fingerprint density at radius 2 is 1.77 bits per heavy atom. The van der Waals surface area contributed by atoms with Crippen LogP contribution in [0.25, 0.3) is 0 Å². The number of amides is 1. The number of benzene rings is 1. The van der Waals surface area contributed by atoms with Crippen LogP contribution in [-0.4, -0.2) is 88.1 Å². The number of carbonyl (C=O) groups excluding carboxylic acids is 1. The number of guanidine groups is 1. The first-order valence-corrected chi connectivity index (χ1v) is 11.0. The molecule has 166 valence electrons. The van der Waals surface area contributed by atoms with Gasteiger partial charge in [-0.25, -0.2) is 4.39 Å². The number of piperazine rings is 1. The summed E-state index contributed by atoms with van der Waals surface area (Å²) in [6, 6.07) is 6.76. The van der Waals surface area contributed by atoms with Gasteiger partial charge in [0.05, 0.1) is 0 Å². The second-order valence-electron chi connectivity index (χ2n) is 8.09. The van der Waals surface area contributed by atoms with Crippen LogP contribution in [0.5, 0.6) is 0 Å². The van der Waals surface area contributed by atoms with Gasteiger partial charge in [-0.1, -0.05) is 0 Å². The van der Waals surface area contributed by atoms with Crippen molar-refractivity contribution in [3.8, 4) is 0 Å². The lowest BCUT2D eigenvalue weighted by molar-refractivity contribution is -0.121. The van der Waals surface area contributed by atoms with Crippen LogP contribution in [0.3, 0.4) is 0 Å². The number of halogens is 1. The topological polar surface area (TPSA) is 63.2 Å². The smallest absolute Gasteiger partial charge is 0.220 e. The van der Waals surface area contributed by atoms with E-state index in [4.69, 9.17) is 0 Å². The number of rotatable bonds is 6. The largest absolute Gasteiger partial charge is 0.369 e. The summed E-state index contributed by atoms with van der Waals surface area (Å²) in [6.07, 6.45) is 2.68. The van der Waals surface area contributed by atoms with Crippen molar-refractivity contribution in [2.24, 2.45) is 10.9 Å². The normalized spacial score (nSPS) is 19.1. The standard InChI is InChI=1S/C22H35FN6O/c1-24-21(30)17-18-7-10-29(11-8-18)22(25-2)26-9-12-27-13-15-28(16-14-27)20-5-3-19(23)4-6-20/h3-6,18H,7-17H2,1-2H3,(H,24,30)(H,25,26). The predicted octanol–water partition coefficient (Wildman–Crippen LogP) is 1.37. The van der Waals surface area contributed by atoms with Crippen LogP contribution in [0, 0.1) is 11.7 Å². The lowest BCUT2D eigenvalue weighted by Gasteiger charge is -2.37. The first-order valence-electron chi connectivity index (χ1n) is 11.0. The molecule has 8 heteroatoms. The summed E-state index contributed by atoms with van der Waals surface area (Å²) in [5.41, 5.74) is 1.09. The van der Waals surface area contributed by atoms with Crippen LogP contribution in [-0.2, 0) is 4.79 Å². The summed E-state index contributed by atoms with van der Waals surface area (Å²) in [6.45, 7) is 7.64. The highest BCUT2D eigenvalue weighted by molar-refractivity contribution is 5.80. The quantitative estimate of drug-likeness (QED) is 0.540. The Morgan fingerprint density at radius 3 is 2.37 bits per heavy atom. The van der Waals surface area contributed by atoms with E-state index in [-0.39, 0.29) is 11.7 Å². The number of aliphatic imine (C=N–C) groups is 1. The number of hydrogen-bond acceptors (Lipinski definition) is 4. The molecule has 2 N–H and O–H groups in total. The zero-order valence-corrected chi connectivity index (χ0v) is 18.2. The molecule has 0 atom stereocenters. The van der Waals surface area contributed by atoms with Gasteiger partial charge in [0.15, 0.2) is 5.96 Å². The molecule has 0 aliphatic carbocycles. The summed E-state index contributed by atoms with van der Waals surface area (Å²) in [7, 11) is 3.53. The zero-order chi connectivity index (χ0) is 21.3. The van der Waals surface area contributed by atoms with Crippen molar-refractivity contribution < 1.29 is 9.18 Å². The van der Waals surface area contributed by atoms with Gasteiger partial charge in [-0.05, 0) is 43.0 Å². The maximum Gasteiger partial charge on any atom is 0.220 e. The van der Waals surface area contributed by atoms with Crippen LogP contribution in [0.15, 0.2) is 29.3 Å². The molecule has 2 heterocycles. The van der Waals surface area contributed by atoms with Crippen LogP contribution < -0.4 is 15.5 Å². The van der Waals surface area contributed by atoms with E-state index in [1.165, 1.54) is 12.1 Å². The van der Waals surface area contributed by atoms with E-state index in [0.717, 1.165) is 76.8 Å². The third-order valence-electron chi connectivity index (χ3n) is 6.15. The van der Waals surface area contributed by atoms with Crippen molar-refractivity contribution in [2.45, 2.75) is 19.3 Å². The van der Waals surface area contributed by atoms with Crippen molar-refractivity contribution in [1.82, 2.24) is 20.4 Å². The van der Waals surface area contributed by atoms with Gasteiger partial charge in [0.2, 0.25) is 5.91 Å². The second-order valence-corrected chi connectivity index (χ2v) is 8.09. The monoisotopic (exact) mass is 418 g/mol. The van der Waals surface area contributed by atoms with Gasteiger partial charge in [-0.3, -0.25) is 14.7 Å². The molecule has 0 unspecified atom stereocenters. The highest BCUT2D eigenvalue weighted by atomic mass is 19.1. The van der Waals surface area contributed by atoms with Gasteiger partial charge in [0.1, 0.15) is 5.82 Å². The Kier molecular flexibility index (Phi) is 8.30. The van der Waals surface area contributed by atoms with E-state index in [2.05, 4.69) is 30.3 Å². The van der Waals surface area contributed by atoms with E-state index in [1.807, 2.05) is 19.2 Å². The van der Waals surface area contributed by atoms with Crippen LogP contribution in [0.4, 0.5) is 10.1 Å². The molecule has 2 fully saturated rings. The molecular formula is C22H35FN6O. The van der Waals surface area contributed by atoms with Crippen LogP contribution >= 0.6 is 0 Å². The fourth-order valence-electron chi connectivity index (χ4n) is 4.25. The molecule has 2 aliphatic rings. The molecule has 0 spiro atoms. The Labute approximate surface area is 179 Å². The molecule has 7 nitrogen and oxygen atoms in total. The molecule has 1 amide bonds. The summed E-state index contributed by atoms with van der Waals surface area (Å²) >= 11 is 0. The fraction of sp³-hybridized carbons (Fsp3) is 0.636. The molecule has 1 aromatic carbocycles. The van der Waals surface area contributed by atoms with Crippen molar-refractivity contribution >= 4 is 17.6 Å². The Bertz CT molecular complexity index is 694. The molecule has 2 saturated heterocycles. The maximum atomic E-state index is 13.1. The van der Waals surface area contributed by atoms with Crippen LogP contribution in [0.2, 0.25) is 0 Å². The number of hydrogen-bond donors (Lipinski definition) is 2. The third-order valence-corrected chi connectivity index (χ3v) is 6.15. The maximum absolute atomic E-state index is 13.1. The number of nitrogens with one attached hydrogen (secondary N) is 2. The molecule has 30 heavy (non-hydrogen) atoms. The molecule has 0 saturated carbocycles. The molecule has 3 rings (SSSR count). The zero-order valence-electron chi connectivity index (χ0n) is 18.2. The van der Waals surface area contributed by atoms with Gasteiger partial charge in [-0.15, -0.1) is 0 Å². The number of anilines is 1. The minimum Gasteiger partial charge on any atom is -0.369 e. The summed E-state index contributed by atoms with van der Waals surface area (Å²) < 4.78 is 13.1. The number of nitrogens with zero attached hydrogens (tertiary/aromatic N) is 4.